The summed E-state index contributed by atoms with van der Waals surface area (Å²) in [6.45, 7) is 2.75. The summed E-state index contributed by atoms with van der Waals surface area (Å²) in [7, 11) is 0. The highest BCUT2D eigenvalue weighted by Crippen LogP contribution is 2.29. The Labute approximate surface area is 82.2 Å². The van der Waals surface area contributed by atoms with Gasteiger partial charge in [-0.15, -0.1) is 0 Å². The number of nitrogens with zero attached hydrogens (tertiary/aromatic N) is 1. The average Bonchev–Trinajstić information content (AvgIpc) is 2.18. The molecule has 6 heteroatoms. The summed E-state index contributed by atoms with van der Waals surface area (Å²) in [5, 5.41) is 0. The average molecular weight is 223 g/mol. The van der Waals surface area contributed by atoms with Crippen LogP contribution in [0.3, 0.4) is 0 Å². The first-order chi connectivity index (χ1) is 6.86. The third-order valence-corrected chi connectivity index (χ3v) is 1.52. The van der Waals surface area contributed by atoms with Crippen LogP contribution < -0.4 is 0 Å². The molecular formula is C9H6F5N. The van der Waals surface area contributed by atoms with E-state index in [4.69, 9.17) is 0 Å². The molecule has 0 aliphatic carbocycles. The van der Waals surface area contributed by atoms with E-state index in [1.54, 1.807) is 0 Å². The van der Waals surface area contributed by atoms with Gasteiger partial charge in [-0.3, -0.25) is 4.99 Å². The van der Waals surface area contributed by atoms with Gasteiger partial charge in [-0.05, 0) is 13.8 Å². The maximum absolute atomic E-state index is 12.9. The van der Waals surface area contributed by atoms with Crippen LogP contribution in [0.5, 0.6) is 0 Å². The molecule has 0 aliphatic heterocycles. The van der Waals surface area contributed by atoms with Gasteiger partial charge in [-0.25, -0.2) is 22.0 Å². The number of hydrogen-bond acceptors (Lipinski definition) is 1. The van der Waals surface area contributed by atoms with Crippen LogP contribution in [0.2, 0.25) is 0 Å². The van der Waals surface area contributed by atoms with Gasteiger partial charge in [-0.1, -0.05) is 0 Å². The van der Waals surface area contributed by atoms with Gasteiger partial charge < -0.3 is 0 Å². The largest absolute Gasteiger partial charge is 0.252 e. The van der Waals surface area contributed by atoms with Gasteiger partial charge in [0.25, 0.3) is 0 Å². The molecule has 15 heavy (non-hydrogen) atoms. The predicted octanol–water partition coefficient (Wildman–Crippen LogP) is 3.49. The van der Waals surface area contributed by atoms with Crippen LogP contribution in [-0.2, 0) is 0 Å². The minimum Gasteiger partial charge on any atom is -0.252 e. The molecule has 1 aromatic carbocycles. The van der Waals surface area contributed by atoms with E-state index in [9.17, 15) is 22.0 Å². The molecule has 0 saturated carbocycles. The zero-order chi connectivity index (χ0) is 11.7. The van der Waals surface area contributed by atoms with Crippen molar-refractivity contribution in [3.63, 3.8) is 0 Å². The molecule has 0 fully saturated rings. The van der Waals surface area contributed by atoms with Gasteiger partial charge in [0, 0.05) is 5.71 Å². The van der Waals surface area contributed by atoms with Gasteiger partial charge in [0.2, 0.25) is 5.82 Å². The van der Waals surface area contributed by atoms with Crippen molar-refractivity contribution in [2.75, 3.05) is 0 Å². The number of hydrogen-bond donors (Lipinski definition) is 0. The van der Waals surface area contributed by atoms with Crippen molar-refractivity contribution in [3.05, 3.63) is 29.1 Å². The molecule has 0 aromatic heterocycles. The van der Waals surface area contributed by atoms with Crippen molar-refractivity contribution in [1.29, 1.82) is 0 Å². The highest BCUT2D eigenvalue weighted by Gasteiger charge is 2.25. The molecule has 0 atom stereocenters. The van der Waals surface area contributed by atoms with Crippen molar-refractivity contribution >= 4 is 11.4 Å². The summed E-state index contributed by atoms with van der Waals surface area (Å²) in [5.74, 6) is -10.0. The lowest BCUT2D eigenvalue weighted by Gasteiger charge is -2.03. The second-order valence-corrected chi connectivity index (χ2v) is 2.98. The standard InChI is InChI=1S/C9H6F5N/c1-3(2)15-9-7(13)5(11)4(10)6(12)8(9)14/h1-2H3. The van der Waals surface area contributed by atoms with Crippen LogP contribution in [0.15, 0.2) is 4.99 Å². The molecule has 0 heterocycles. The Morgan fingerprint density at radius 2 is 1.07 bits per heavy atom. The minimum atomic E-state index is -2.18. The molecule has 1 aromatic rings. The minimum absolute atomic E-state index is 0.179. The summed E-state index contributed by atoms with van der Waals surface area (Å²) < 4.78 is 63.7. The lowest BCUT2D eigenvalue weighted by Crippen LogP contribution is -2.01. The Kier molecular flexibility index (Phi) is 3.06. The monoisotopic (exact) mass is 223 g/mol. The van der Waals surface area contributed by atoms with E-state index >= 15 is 0 Å². The second kappa shape index (κ2) is 3.96. The van der Waals surface area contributed by atoms with E-state index in [0.29, 0.717) is 0 Å². The summed E-state index contributed by atoms with van der Waals surface area (Å²) in [5.41, 5.74) is -0.982. The fourth-order valence-electron chi connectivity index (χ4n) is 0.915. The lowest BCUT2D eigenvalue weighted by molar-refractivity contribution is 0.381. The van der Waals surface area contributed by atoms with Crippen LogP contribution in [-0.4, -0.2) is 5.71 Å². The molecule has 0 bridgehead atoms. The van der Waals surface area contributed by atoms with Gasteiger partial charge in [0.15, 0.2) is 23.3 Å². The first kappa shape index (κ1) is 11.6. The van der Waals surface area contributed by atoms with Crippen LogP contribution >= 0.6 is 0 Å². The van der Waals surface area contributed by atoms with E-state index < -0.39 is 34.8 Å². The van der Waals surface area contributed by atoms with Gasteiger partial charge in [0.05, 0.1) is 0 Å². The summed E-state index contributed by atoms with van der Waals surface area (Å²) in [6, 6.07) is 0. The van der Waals surface area contributed by atoms with Gasteiger partial charge in [0.1, 0.15) is 5.69 Å². The molecular weight excluding hydrogens is 217 g/mol. The molecule has 0 aliphatic rings. The van der Waals surface area contributed by atoms with E-state index in [0.717, 1.165) is 0 Å². The second-order valence-electron chi connectivity index (χ2n) is 2.98. The SMILES string of the molecule is CC(C)=Nc1c(F)c(F)c(F)c(F)c1F. The molecule has 0 radical (unpaired) electrons. The van der Waals surface area contributed by atoms with Gasteiger partial charge >= 0.3 is 0 Å². The van der Waals surface area contributed by atoms with Crippen LogP contribution in [0.4, 0.5) is 27.6 Å². The highest BCUT2D eigenvalue weighted by atomic mass is 19.2. The fourth-order valence-corrected chi connectivity index (χ4v) is 0.915. The van der Waals surface area contributed by atoms with Crippen LogP contribution in [0.1, 0.15) is 13.8 Å². The molecule has 1 rings (SSSR count). The first-order valence-electron chi connectivity index (χ1n) is 3.89. The molecule has 0 saturated heterocycles. The van der Waals surface area contributed by atoms with E-state index in [2.05, 4.69) is 4.99 Å². The first-order valence-corrected chi connectivity index (χ1v) is 3.89. The Bertz CT molecular complexity index is 406. The van der Waals surface area contributed by atoms with Crippen molar-refractivity contribution in [3.8, 4) is 0 Å². The number of rotatable bonds is 1. The number of halogens is 5. The summed E-state index contributed by atoms with van der Waals surface area (Å²) in [6.07, 6.45) is 0. The summed E-state index contributed by atoms with van der Waals surface area (Å²) >= 11 is 0. The number of aliphatic imine (C=N–C) groups is 1. The van der Waals surface area contributed by atoms with Crippen molar-refractivity contribution in [2.24, 2.45) is 4.99 Å². The Morgan fingerprint density at radius 3 is 1.40 bits per heavy atom. The normalized spacial score (nSPS) is 10.3. The highest BCUT2D eigenvalue weighted by molar-refractivity contribution is 5.82. The van der Waals surface area contributed by atoms with Crippen molar-refractivity contribution in [2.45, 2.75) is 13.8 Å². The molecule has 82 valence electrons. The maximum Gasteiger partial charge on any atom is 0.200 e. The molecule has 0 N–H and O–H groups in total. The topological polar surface area (TPSA) is 12.4 Å². The zero-order valence-electron chi connectivity index (χ0n) is 7.84. The smallest absolute Gasteiger partial charge is 0.200 e. The lowest BCUT2D eigenvalue weighted by atomic mass is 10.2. The van der Waals surface area contributed by atoms with Crippen LogP contribution in [0, 0.1) is 29.1 Å². The maximum atomic E-state index is 12.9. The van der Waals surface area contributed by atoms with E-state index in [1.807, 2.05) is 0 Å². The molecule has 0 unspecified atom stereocenters. The zero-order valence-corrected chi connectivity index (χ0v) is 7.84. The molecule has 0 spiro atoms. The fraction of sp³-hybridized carbons (Fsp3) is 0.222. The molecule has 1 nitrogen and oxygen atoms in total. The third kappa shape index (κ3) is 1.98. The van der Waals surface area contributed by atoms with E-state index in [1.165, 1.54) is 13.8 Å². The van der Waals surface area contributed by atoms with Crippen molar-refractivity contribution in [1.82, 2.24) is 0 Å². The van der Waals surface area contributed by atoms with Crippen molar-refractivity contribution < 1.29 is 22.0 Å². The van der Waals surface area contributed by atoms with E-state index in [-0.39, 0.29) is 5.71 Å². The number of benzene rings is 1. The van der Waals surface area contributed by atoms with Crippen LogP contribution in [0.25, 0.3) is 0 Å². The molecule has 0 amide bonds. The Balaban J connectivity index is 3.60. The Hall–Kier alpha value is -1.46. The third-order valence-electron chi connectivity index (χ3n) is 1.52. The Morgan fingerprint density at radius 1 is 0.733 bits per heavy atom. The predicted molar refractivity (Wildman–Crippen MR) is 44.7 cm³/mol. The quantitative estimate of drug-likeness (QED) is 0.299. The van der Waals surface area contributed by atoms with Gasteiger partial charge in [-0.2, -0.15) is 0 Å². The summed E-state index contributed by atoms with van der Waals surface area (Å²) in [4.78, 5) is 3.24.